The van der Waals surface area contributed by atoms with Gasteiger partial charge < -0.3 is 9.73 Å². The van der Waals surface area contributed by atoms with Crippen LogP contribution in [-0.4, -0.2) is 36.0 Å². The van der Waals surface area contributed by atoms with E-state index in [9.17, 15) is 9.59 Å². The molecule has 1 saturated carbocycles. The minimum Gasteiger partial charge on any atom is -0.468 e. The molecule has 0 saturated heterocycles. The van der Waals surface area contributed by atoms with Crippen LogP contribution in [0.3, 0.4) is 0 Å². The molecule has 0 bridgehead atoms. The number of imide groups is 1. The highest BCUT2D eigenvalue weighted by Crippen LogP contribution is 2.28. The number of carbonyl (C=O) groups is 2. The van der Waals surface area contributed by atoms with Gasteiger partial charge >= 0.3 is 6.03 Å². The van der Waals surface area contributed by atoms with Crippen molar-refractivity contribution >= 4 is 11.9 Å². The Hall–Kier alpha value is -1.82. The van der Waals surface area contributed by atoms with E-state index in [2.05, 4.69) is 10.6 Å². The van der Waals surface area contributed by atoms with Crippen molar-refractivity contribution in [3.8, 4) is 0 Å². The Bertz CT molecular complexity index is 441. The number of amides is 3. The molecule has 1 aromatic rings. The van der Waals surface area contributed by atoms with Gasteiger partial charge in [0.15, 0.2) is 0 Å². The predicted molar refractivity (Wildman–Crippen MR) is 74.0 cm³/mol. The number of nitrogens with zero attached hydrogens (tertiary/aromatic N) is 1. The first-order valence-corrected chi connectivity index (χ1v) is 7.03. The Labute approximate surface area is 118 Å². The van der Waals surface area contributed by atoms with E-state index in [0.29, 0.717) is 19.1 Å². The fraction of sp³-hybridized carbons (Fsp3) is 0.571. The summed E-state index contributed by atoms with van der Waals surface area (Å²) in [6, 6.07) is 3.72. The highest BCUT2D eigenvalue weighted by atomic mass is 16.3. The average Bonchev–Trinajstić information content (AvgIpc) is 3.14. The zero-order chi connectivity index (χ0) is 14.4. The zero-order valence-corrected chi connectivity index (χ0v) is 11.7. The van der Waals surface area contributed by atoms with Crippen LogP contribution in [0.25, 0.3) is 0 Å². The lowest BCUT2D eigenvalue weighted by atomic mass is 10.3. The third-order valence-electron chi connectivity index (χ3n) is 3.14. The van der Waals surface area contributed by atoms with Gasteiger partial charge in [-0.3, -0.25) is 15.0 Å². The molecule has 20 heavy (non-hydrogen) atoms. The lowest BCUT2D eigenvalue weighted by Crippen LogP contribution is -2.45. The second kappa shape index (κ2) is 7.09. The Morgan fingerprint density at radius 3 is 2.85 bits per heavy atom. The van der Waals surface area contributed by atoms with Gasteiger partial charge in [-0.2, -0.15) is 0 Å². The van der Waals surface area contributed by atoms with E-state index >= 15 is 0 Å². The number of nitrogens with one attached hydrogen (secondary N) is 2. The van der Waals surface area contributed by atoms with Crippen molar-refractivity contribution in [2.45, 2.75) is 38.8 Å². The van der Waals surface area contributed by atoms with Crippen molar-refractivity contribution in [2.24, 2.45) is 0 Å². The first-order chi connectivity index (χ1) is 9.69. The zero-order valence-electron chi connectivity index (χ0n) is 11.7. The van der Waals surface area contributed by atoms with E-state index in [-0.39, 0.29) is 12.5 Å². The quantitative estimate of drug-likeness (QED) is 0.793. The maximum atomic E-state index is 11.8. The van der Waals surface area contributed by atoms with Gasteiger partial charge in [0.25, 0.3) is 0 Å². The normalized spacial score (nSPS) is 14.3. The molecule has 3 amide bonds. The van der Waals surface area contributed by atoms with E-state index in [1.807, 2.05) is 24.0 Å². The molecule has 110 valence electrons. The third-order valence-corrected chi connectivity index (χ3v) is 3.14. The molecule has 1 aliphatic rings. The van der Waals surface area contributed by atoms with Crippen LogP contribution in [0.5, 0.6) is 0 Å². The van der Waals surface area contributed by atoms with Gasteiger partial charge in [-0.25, -0.2) is 4.79 Å². The molecule has 0 aliphatic heterocycles. The molecular formula is C14H21N3O3. The van der Waals surface area contributed by atoms with Gasteiger partial charge in [0.2, 0.25) is 5.91 Å². The van der Waals surface area contributed by atoms with Crippen molar-refractivity contribution in [1.29, 1.82) is 0 Å². The smallest absolute Gasteiger partial charge is 0.321 e. The van der Waals surface area contributed by atoms with Gasteiger partial charge in [-0.05, 0) is 31.4 Å². The molecule has 2 rings (SSSR count). The standard InChI is InChI=1S/C14H21N3O3/c1-2-7-15-14(19)16-13(18)10-17(11-5-6-11)9-12-4-3-8-20-12/h3-4,8,11H,2,5-7,9-10H2,1H3,(H2,15,16,18,19). The Kier molecular flexibility index (Phi) is 5.17. The molecular weight excluding hydrogens is 258 g/mol. The number of hydrogen-bond donors (Lipinski definition) is 2. The fourth-order valence-electron chi connectivity index (χ4n) is 1.99. The fourth-order valence-corrected chi connectivity index (χ4v) is 1.99. The van der Waals surface area contributed by atoms with Crippen molar-refractivity contribution in [1.82, 2.24) is 15.5 Å². The number of rotatable bonds is 7. The minimum absolute atomic E-state index is 0.213. The maximum Gasteiger partial charge on any atom is 0.321 e. The summed E-state index contributed by atoms with van der Waals surface area (Å²) < 4.78 is 5.31. The second-order valence-electron chi connectivity index (χ2n) is 5.02. The predicted octanol–water partition coefficient (Wildman–Crippen LogP) is 1.48. The van der Waals surface area contributed by atoms with E-state index in [1.54, 1.807) is 6.26 Å². The molecule has 1 aromatic heterocycles. The number of hydrogen-bond acceptors (Lipinski definition) is 4. The molecule has 0 unspecified atom stereocenters. The number of furan rings is 1. The van der Waals surface area contributed by atoms with E-state index in [1.165, 1.54) is 0 Å². The molecule has 1 aliphatic carbocycles. The van der Waals surface area contributed by atoms with Crippen LogP contribution in [0.1, 0.15) is 31.9 Å². The Morgan fingerprint density at radius 2 is 2.25 bits per heavy atom. The van der Waals surface area contributed by atoms with Gasteiger partial charge in [0.05, 0.1) is 19.4 Å². The van der Waals surface area contributed by atoms with Gasteiger partial charge in [0.1, 0.15) is 5.76 Å². The van der Waals surface area contributed by atoms with Crippen molar-refractivity contribution in [3.63, 3.8) is 0 Å². The lowest BCUT2D eigenvalue weighted by molar-refractivity contribution is -0.121. The molecule has 2 N–H and O–H groups in total. The van der Waals surface area contributed by atoms with E-state index < -0.39 is 6.03 Å². The molecule has 1 heterocycles. The number of carbonyl (C=O) groups excluding carboxylic acids is 2. The lowest BCUT2D eigenvalue weighted by Gasteiger charge is -2.19. The van der Waals surface area contributed by atoms with E-state index in [0.717, 1.165) is 25.0 Å². The van der Waals surface area contributed by atoms with Crippen LogP contribution in [-0.2, 0) is 11.3 Å². The molecule has 0 spiro atoms. The summed E-state index contributed by atoms with van der Waals surface area (Å²) in [5.74, 6) is 0.553. The number of urea groups is 1. The van der Waals surface area contributed by atoms with Crippen LogP contribution >= 0.6 is 0 Å². The van der Waals surface area contributed by atoms with Crippen molar-refractivity contribution < 1.29 is 14.0 Å². The Balaban J connectivity index is 1.79. The summed E-state index contributed by atoms with van der Waals surface area (Å²) in [7, 11) is 0. The molecule has 1 fully saturated rings. The summed E-state index contributed by atoms with van der Waals surface area (Å²) in [6.07, 6.45) is 4.65. The average molecular weight is 279 g/mol. The third kappa shape index (κ3) is 4.70. The second-order valence-corrected chi connectivity index (χ2v) is 5.02. The summed E-state index contributed by atoms with van der Waals surface area (Å²) in [4.78, 5) is 25.3. The van der Waals surface area contributed by atoms with Crippen LogP contribution in [0, 0.1) is 0 Å². The summed E-state index contributed by atoms with van der Waals surface area (Å²) in [5.41, 5.74) is 0. The van der Waals surface area contributed by atoms with Crippen LogP contribution in [0.4, 0.5) is 4.79 Å². The SMILES string of the molecule is CCCNC(=O)NC(=O)CN(Cc1ccco1)C1CC1. The summed E-state index contributed by atoms with van der Waals surface area (Å²) in [6.45, 7) is 3.34. The molecule has 0 aromatic carbocycles. The van der Waals surface area contributed by atoms with Crippen LogP contribution < -0.4 is 10.6 Å². The van der Waals surface area contributed by atoms with Gasteiger partial charge in [0, 0.05) is 12.6 Å². The highest BCUT2D eigenvalue weighted by molar-refractivity contribution is 5.95. The van der Waals surface area contributed by atoms with Crippen molar-refractivity contribution in [3.05, 3.63) is 24.2 Å². The van der Waals surface area contributed by atoms with E-state index in [4.69, 9.17) is 4.42 Å². The molecule has 6 heteroatoms. The maximum absolute atomic E-state index is 11.8. The minimum atomic E-state index is -0.425. The largest absolute Gasteiger partial charge is 0.468 e. The van der Waals surface area contributed by atoms with Crippen LogP contribution in [0.15, 0.2) is 22.8 Å². The summed E-state index contributed by atoms with van der Waals surface area (Å²) in [5, 5.41) is 4.97. The molecule has 6 nitrogen and oxygen atoms in total. The van der Waals surface area contributed by atoms with Gasteiger partial charge in [-0.1, -0.05) is 6.92 Å². The van der Waals surface area contributed by atoms with Crippen molar-refractivity contribution in [2.75, 3.05) is 13.1 Å². The first kappa shape index (κ1) is 14.6. The highest BCUT2D eigenvalue weighted by Gasteiger charge is 2.31. The molecule has 0 radical (unpaired) electrons. The Morgan fingerprint density at radius 1 is 1.45 bits per heavy atom. The molecule has 0 atom stereocenters. The van der Waals surface area contributed by atoms with Gasteiger partial charge in [-0.15, -0.1) is 0 Å². The van der Waals surface area contributed by atoms with Crippen LogP contribution in [0.2, 0.25) is 0 Å². The monoisotopic (exact) mass is 279 g/mol. The summed E-state index contributed by atoms with van der Waals surface area (Å²) >= 11 is 0. The topological polar surface area (TPSA) is 74.6 Å². The first-order valence-electron chi connectivity index (χ1n) is 7.03.